The van der Waals surface area contributed by atoms with E-state index in [2.05, 4.69) is 0 Å². The molecule has 0 fully saturated rings. The predicted molar refractivity (Wildman–Crippen MR) is 76.1 cm³/mol. The zero-order chi connectivity index (χ0) is 13.8. The van der Waals surface area contributed by atoms with Gasteiger partial charge in [0.05, 0.1) is 19.8 Å². The van der Waals surface area contributed by atoms with E-state index in [9.17, 15) is 5.11 Å². The van der Waals surface area contributed by atoms with E-state index >= 15 is 0 Å². The van der Waals surface area contributed by atoms with E-state index in [1.54, 1.807) is 12.1 Å². The molecule has 4 nitrogen and oxygen atoms in total. The van der Waals surface area contributed by atoms with Crippen molar-refractivity contribution in [2.24, 2.45) is 5.73 Å². The minimum absolute atomic E-state index is 0.273. The Morgan fingerprint density at radius 2 is 1.74 bits per heavy atom. The molecule has 1 aromatic carbocycles. The highest BCUT2D eigenvalue weighted by atomic mass is 16.5. The summed E-state index contributed by atoms with van der Waals surface area (Å²) in [5.41, 5.74) is 6.39. The molecule has 0 amide bonds. The lowest BCUT2D eigenvalue weighted by molar-refractivity contribution is 0.0392. The lowest BCUT2D eigenvalue weighted by Gasteiger charge is -2.06. The number of phenols is 1. The summed E-state index contributed by atoms with van der Waals surface area (Å²) in [5.74, 6) is 0.273. The molecule has 0 atom stereocenters. The van der Waals surface area contributed by atoms with Crippen molar-refractivity contribution in [3.8, 4) is 5.75 Å². The maximum absolute atomic E-state index is 9.29. The first-order valence-electron chi connectivity index (χ1n) is 6.96. The topological polar surface area (TPSA) is 64.7 Å². The lowest BCUT2D eigenvalue weighted by Crippen LogP contribution is -2.05. The maximum atomic E-state index is 9.29. The molecule has 0 bridgehead atoms. The molecular weight excluding hydrogens is 242 g/mol. The Labute approximate surface area is 115 Å². The second-order valence-electron chi connectivity index (χ2n) is 4.54. The lowest BCUT2D eigenvalue weighted by atomic mass is 10.2. The van der Waals surface area contributed by atoms with Crippen LogP contribution in [0.15, 0.2) is 24.3 Å². The van der Waals surface area contributed by atoms with Gasteiger partial charge in [0.25, 0.3) is 0 Å². The van der Waals surface area contributed by atoms with Crippen LogP contribution in [0.3, 0.4) is 0 Å². The van der Waals surface area contributed by atoms with Gasteiger partial charge in [0.15, 0.2) is 0 Å². The molecule has 0 aliphatic rings. The standard InChI is InChI=1S/C15H25NO3/c16-8-3-1-2-4-9-18-10-11-19-13-14-6-5-7-15(17)12-14/h5-7,12,17H,1-4,8-11,13,16H2. The molecule has 1 rings (SSSR count). The van der Waals surface area contributed by atoms with Gasteiger partial charge < -0.3 is 20.3 Å². The van der Waals surface area contributed by atoms with E-state index in [0.29, 0.717) is 19.8 Å². The molecule has 0 radical (unpaired) electrons. The molecule has 4 heteroatoms. The summed E-state index contributed by atoms with van der Waals surface area (Å²) in [6.07, 6.45) is 4.56. The number of nitrogens with two attached hydrogens (primary N) is 1. The Bertz CT molecular complexity index is 331. The number of phenolic OH excluding ortho intramolecular Hbond substituents is 1. The smallest absolute Gasteiger partial charge is 0.115 e. The summed E-state index contributed by atoms with van der Waals surface area (Å²) < 4.78 is 10.9. The fourth-order valence-electron chi connectivity index (χ4n) is 1.76. The predicted octanol–water partition coefficient (Wildman–Crippen LogP) is 2.44. The van der Waals surface area contributed by atoms with Crippen molar-refractivity contribution in [1.82, 2.24) is 0 Å². The Hall–Kier alpha value is -1.10. The molecule has 0 saturated heterocycles. The van der Waals surface area contributed by atoms with E-state index in [1.165, 1.54) is 12.8 Å². The Balaban J connectivity index is 1.89. The first-order valence-corrected chi connectivity index (χ1v) is 6.96. The van der Waals surface area contributed by atoms with Gasteiger partial charge in [-0.1, -0.05) is 25.0 Å². The van der Waals surface area contributed by atoms with E-state index in [0.717, 1.165) is 31.6 Å². The van der Waals surface area contributed by atoms with Gasteiger partial charge in [-0.15, -0.1) is 0 Å². The number of aromatic hydroxyl groups is 1. The molecule has 19 heavy (non-hydrogen) atoms. The molecule has 0 unspecified atom stereocenters. The van der Waals surface area contributed by atoms with Crippen molar-refractivity contribution in [3.63, 3.8) is 0 Å². The monoisotopic (exact) mass is 267 g/mol. The molecule has 108 valence electrons. The average molecular weight is 267 g/mol. The van der Waals surface area contributed by atoms with Crippen LogP contribution in [0.4, 0.5) is 0 Å². The normalized spacial score (nSPS) is 10.8. The van der Waals surface area contributed by atoms with Crippen molar-refractivity contribution in [2.75, 3.05) is 26.4 Å². The van der Waals surface area contributed by atoms with Gasteiger partial charge in [-0.25, -0.2) is 0 Å². The van der Waals surface area contributed by atoms with E-state index in [4.69, 9.17) is 15.2 Å². The van der Waals surface area contributed by atoms with Gasteiger partial charge in [0.2, 0.25) is 0 Å². The summed E-state index contributed by atoms with van der Waals surface area (Å²) in [6, 6.07) is 7.10. The van der Waals surface area contributed by atoms with Crippen molar-refractivity contribution >= 4 is 0 Å². The summed E-state index contributed by atoms with van der Waals surface area (Å²) >= 11 is 0. The molecule has 0 saturated carbocycles. The van der Waals surface area contributed by atoms with Crippen LogP contribution < -0.4 is 5.73 Å². The van der Waals surface area contributed by atoms with E-state index in [1.807, 2.05) is 12.1 Å². The molecule has 3 N–H and O–H groups in total. The highest BCUT2D eigenvalue weighted by Crippen LogP contribution is 2.11. The Morgan fingerprint density at radius 3 is 2.53 bits per heavy atom. The molecule has 0 aromatic heterocycles. The second-order valence-corrected chi connectivity index (χ2v) is 4.54. The molecular formula is C15H25NO3. The second kappa shape index (κ2) is 10.8. The van der Waals surface area contributed by atoms with E-state index in [-0.39, 0.29) is 5.75 Å². The van der Waals surface area contributed by atoms with Gasteiger partial charge in [0.1, 0.15) is 5.75 Å². The van der Waals surface area contributed by atoms with Crippen LogP contribution >= 0.6 is 0 Å². The number of benzene rings is 1. The fraction of sp³-hybridized carbons (Fsp3) is 0.600. The Morgan fingerprint density at radius 1 is 0.947 bits per heavy atom. The number of hydrogen-bond donors (Lipinski definition) is 2. The van der Waals surface area contributed by atoms with Crippen LogP contribution in [0, 0.1) is 0 Å². The largest absolute Gasteiger partial charge is 0.508 e. The van der Waals surface area contributed by atoms with Gasteiger partial charge in [-0.05, 0) is 37.1 Å². The van der Waals surface area contributed by atoms with Crippen LogP contribution in [0.25, 0.3) is 0 Å². The summed E-state index contributed by atoms with van der Waals surface area (Å²) in [5, 5.41) is 9.29. The highest BCUT2D eigenvalue weighted by molar-refractivity contribution is 5.26. The van der Waals surface area contributed by atoms with Crippen molar-refractivity contribution in [2.45, 2.75) is 32.3 Å². The summed E-state index contributed by atoms with van der Waals surface area (Å²) in [7, 11) is 0. The number of hydrogen-bond acceptors (Lipinski definition) is 4. The first-order chi connectivity index (χ1) is 9.33. The third kappa shape index (κ3) is 8.59. The van der Waals surface area contributed by atoms with Crippen LogP contribution in [0.2, 0.25) is 0 Å². The third-order valence-electron chi connectivity index (χ3n) is 2.79. The quantitative estimate of drug-likeness (QED) is 0.604. The number of rotatable bonds is 11. The minimum atomic E-state index is 0.273. The van der Waals surface area contributed by atoms with Crippen molar-refractivity contribution in [1.29, 1.82) is 0 Å². The molecule has 0 aliphatic carbocycles. The molecule has 0 heterocycles. The highest BCUT2D eigenvalue weighted by Gasteiger charge is 1.95. The SMILES string of the molecule is NCCCCCCOCCOCc1cccc(O)c1. The van der Waals surface area contributed by atoms with Crippen LogP contribution in [-0.4, -0.2) is 31.5 Å². The van der Waals surface area contributed by atoms with E-state index < -0.39 is 0 Å². The summed E-state index contributed by atoms with van der Waals surface area (Å²) in [4.78, 5) is 0. The van der Waals surface area contributed by atoms with Gasteiger partial charge in [-0.2, -0.15) is 0 Å². The average Bonchev–Trinajstić information content (AvgIpc) is 2.41. The summed E-state index contributed by atoms with van der Waals surface area (Å²) in [6.45, 7) is 3.28. The minimum Gasteiger partial charge on any atom is -0.508 e. The Kier molecular flexibility index (Phi) is 9.06. The third-order valence-corrected chi connectivity index (χ3v) is 2.79. The fourth-order valence-corrected chi connectivity index (χ4v) is 1.76. The van der Waals surface area contributed by atoms with Gasteiger partial charge in [0, 0.05) is 6.61 Å². The van der Waals surface area contributed by atoms with Crippen molar-refractivity contribution in [3.05, 3.63) is 29.8 Å². The van der Waals surface area contributed by atoms with Gasteiger partial charge >= 0.3 is 0 Å². The molecule has 0 aliphatic heterocycles. The first kappa shape index (κ1) is 16.0. The van der Waals surface area contributed by atoms with Crippen LogP contribution in [0.1, 0.15) is 31.2 Å². The van der Waals surface area contributed by atoms with Crippen LogP contribution in [0.5, 0.6) is 5.75 Å². The molecule has 1 aromatic rings. The maximum Gasteiger partial charge on any atom is 0.115 e. The number of unbranched alkanes of at least 4 members (excludes halogenated alkanes) is 3. The van der Waals surface area contributed by atoms with Gasteiger partial charge in [-0.3, -0.25) is 0 Å². The number of ether oxygens (including phenoxy) is 2. The van der Waals surface area contributed by atoms with Crippen molar-refractivity contribution < 1.29 is 14.6 Å². The van der Waals surface area contributed by atoms with Crippen LogP contribution in [-0.2, 0) is 16.1 Å². The molecule has 0 spiro atoms. The zero-order valence-corrected chi connectivity index (χ0v) is 11.5. The zero-order valence-electron chi connectivity index (χ0n) is 11.5.